The molecule has 24 heavy (non-hydrogen) atoms. The Labute approximate surface area is 145 Å². The fraction of sp³-hybridized carbons (Fsp3) is 0.611. The molecule has 6 heteroatoms. The minimum atomic E-state index is -3.48. The van der Waals surface area contributed by atoms with Gasteiger partial charge < -0.3 is 5.32 Å². The quantitative estimate of drug-likeness (QED) is 0.801. The second-order valence-corrected chi connectivity index (χ2v) is 8.59. The van der Waals surface area contributed by atoms with E-state index in [1.807, 2.05) is 37.3 Å². The Morgan fingerprint density at radius 3 is 2.29 bits per heavy atom. The summed E-state index contributed by atoms with van der Waals surface area (Å²) in [5, 5.41) is 3.02. The molecule has 1 aliphatic carbocycles. The first-order valence-electron chi connectivity index (χ1n) is 8.69. The van der Waals surface area contributed by atoms with E-state index in [1.54, 1.807) is 0 Å². The monoisotopic (exact) mass is 352 g/mol. The van der Waals surface area contributed by atoms with E-state index in [-0.39, 0.29) is 24.5 Å². The minimum Gasteiger partial charge on any atom is -0.352 e. The van der Waals surface area contributed by atoms with E-state index >= 15 is 0 Å². The molecule has 0 saturated heterocycles. The van der Waals surface area contributed by atoms with E-state index in [9.17, 15) is 13.2 Å². The van der Waals surface area contributed by atoms with Crippen molar-refractivity contribution in [3.8, 4) is 0 Å². The first-order valence-corrected chi connectivity index (χ1v) is 10.5. The fourth-order valence-corrected chi connectivity index (χ4v) is 4.33. The predicted molar refractivity (Wildman–Crippen MR) is 96.0 cm³/mol. The number of rotatable bonds is 6. The lowest BCUT2D eigenvalue weighted by molar-refractivity contribution is -0.122. The molecule has 134 valence electrons. The Kier molecular flexibility index (Phi) is 6.80. The van der Waals surface area contributed by atoms with Crippen LogP contribution in [0, 0.1) is 0 Å². The van der Waals surface area contributed by atoms with Crippen LogP contribution in [0.2, 0.25) is 0 Å². The number of hydrogen-bond acceptors (Lipinski definition) is 3. The van der Waals surface area contributed by atoms with Crippen LogP contribution in [-0.2, 0) is 14.8 Å². The highest BCUT2D eigenvalue weighted by Gasteiger charge is 2.27. The van der Waals surface area contributed by atoms with E-state index in [2.05, 4.69) is 5.32 Å². The molecule has 0 radical (unpaired) electrons. The standard InChI is InChI=1S/C18H28N2O3S/c1-15(16-10-6-5-7-11-16)20(24(2,22)23)14-18(21)19-17-12-8-3-4-9-13-17/h5-7,10-11,15,17H,3-4,8-9,12-14H2,1-2H3,(H,19,21). The molecular formula is C18H28N2O3S. The van der Waals surface area contributed by atoms with Crippen molar-refractivity contribution >= 4 is 15.9 Å². The zero-order valence-corrected chi connectivity index (χ0v) is 15.4. The van der Waals surface area contributed by atoms with Crippen LogP contribution < -0.4 is 5.32 Å². The van der Waals surface area contributed by atoms with Crippen LogP contribution in [0.1, 0.15) is 57.1 Å². The average molecular weight is 353 g/mol. The number of nitrogens with one attached hydrogen (secondary N) is 1. The van der Waals surface area contributed by atoms with Crippen LogP contribution in [0.4, 0.5) is 0 Å². The molecule has 1 aromatic rings. The highest BCUT2D eigenvalue weighted by molar-refractivity contribution is 7.88. The summed E-state index contributed by atoms with van der Waals surface area (Å²) in [4.78, 5) is 12.4. The molecule has 1 N–H and O–H groups in total. The summed E-state index contributed by atoms with van der Waals surface area (Å²) in [6.07, 6.45) is 7.81. The normalized spacial score (nSPS) is 18.1. The van der Waals surface area contributed by atoms with Crippen molar-refractivity contribution in [2.45, 2.75) is 57.5 Å². The highest BCUT2D eigenvalue weighted by Crippen LogP contribution is 2.22. The third-order valence-corrected chi connectivity index (χ3v) is 5.96. The van der Waals surface area contributed by atoms with Crippen LogP contribution in [0.3, 0.4) is 0 Å². The van der Waals surface area contributed by atoms with Crippen LogP contribution in [-0.4, -0.2) is 37.5 Å². The lowest BCUT2D eigenvalue weighted by atomic mass is 10.1. The summed E-state index contributed by atoms with van der Waals surface area (Å²) in [7, 11) is -3.48. The lowest BCUT2D eigenvalue weighted by Gasteiger charge is -2.27. The van der Waals surface area contributed by atoms with Gasteiger partial charge in [0.1, 0.15) is 0 Å². The lowest BCUT2D eigenvalue weighted by Crippen LogP contribution is -2.44. The summed E-state index contributed by atoms with van der Waals surface area (Å²) in [5.74, 6) is -0.213. The Balaban J connectivity index is 2.04. The van der Waals surface area contributed by atoms with Gasteiger partial charge in [-0.3, -0.25) is 4.79 Å². The van der Waals surface area contributed by atoms with Gasteiger partial charge in [0.25, 0.3) is 0 Å². The van der Waals surface area contributed by atoms with E-state index in [4.69, 9.17) is 0 Å². The van der Waals surface area contributed by atoms with Crippen molar-refractivity contribution in [1.82, 2.24) is 9.62 Å². The van der Waals surface area contributed by atoms with Crippen molar-refractivity contribution < 1.29 is 13.2 Å². The molecule has 0 aromatic heterocycles. The minimum absolute atomic E-state index is 0.134. The number of benzene rings is 1. The number of carbonyl (C=O) groups excluding carboxylic acids is 1. The summed E-state index contributed by atoms with van der Waals surface area (Å²) >= 11 is 0. The largest absolute Gasteiger partial charge is 0.352 e. The van der Waals surface area contributed by atoms with Gasteiger partial charge in [-0.15, -0.1) is 0 Å². The van der Waals surface area contributed by atoms with Gasteiger partial charge in [-0.1, -0.05) is 56.0 Å². The molecule has 1 aliphatic rings. The Morgan fingerprint density at radius 1 is 1.17 bits per heavy atom. The maximum absolute atomic E-state index is 12.4. The van der Waals surface area contributed by atoms with Crippen LogP contribution in [0.25, 0.3) is 0 Å². The SMILES string of the molecule is CC(c1ccccc1)N(CC(=O)NC1CCCCCC1)S(C)(=O)=O. The smallest absolute Gasteiger partial charge is 0.235 e. The molecule has 2 rings (SSSR count). The van der Waals surface area contributed by atoms with Gasteiger partial charge >= 0.3 is 0 Å². The third kappa shape index (κ3) is 5.60. The first kappa shape index (κ1) is 18.9. The summed E-state index contributed by atoms with van der Waals surface area (Å²) in [5.41, 5.74) is 0.880. The number of carbonyl (C=O) groups is 1. The van der Waals surface area contributed by atoms with E-state index in [0.717, 1.165) is 37.5 Å². The van der Waals surface area contributed by atoms with Crippen LogP contribution in [0.5, 0.6) is 0 Å². The van der Waals surface area contributed by atoms with Crippen molar-refractivity contribution in [3.63, 3.8) is 0 Å². The third-order valence-electron chi connectivity index (χ3n) is 4.66. The van der Waals surface area contributed by atoms with Crippen molar-refractivity contribution in [1.29, 1.82) is 0 Å². The Hall–Kier alpha value is -1.40. The summed E-state index contributed by atoms with van der Waals surface area (Å²) in [6, 6.07) is 9.20. The topological polar surface area (TPSA) is 66.5 Å². The van der Waals surface area contributed by atoms with E-state index < -0.39 is 10.0 Å². The Morgan fingerprint density at radius 2 is 1.75 bits per heavy atom. The van der Waals surface area contributed by atoms with Crippen molar-refractivity contribution in [2.24, 2.45) is 0 Å². The molecule has 0 aliphatic heterocycles. The molecule has 1 amide bonds. The van der Waals surface area contributed by atoms with Gasteiger partial charge in [0.15, 0.2) is 0 Å². The van der Waals surface area contributed by atoms with Crippen molar-refractivity contribution in [2.75, 3.05) is 12.8 Å². The summed E-state index contributed by atoms with van der Waals surface area (Å²) < 4.78 is 25.6. The average Bonchev–Trinajstić information content (AvgIpc) is 2.80. The van der Waals surface area contributed by atoms with Crippen LogP contribution >= 0.6 is 0 Å². The van der Waals surface area contributed by atoms with Gasteiger partial charge in [0.05, 0.1) is 12.8 Å². The maximum atomic E-state index is 12.4. The molecule has 1 fully saturated rings. The first-order chi connectivity index (χ1) is 11.4. The Bertz CT molecular complexity index is 623. The van der Waals surface area contributed by atoms with Gasteiger partial charge in [-0.05, 0) is 25.3 Å². The molecule has 0 heterocycles. The molecule has 0 spiro atoms. The number of hydrogen-bond donors (Lipinski definition) is 1. The molecular weight excluding hydrogens is 324 g/mol. The number of nitrogens with zero attached hydrogens (tertiary/aromatic N) is 1. The van der Waals surface area contributed by atoms with E-state index in [0.29, 0.717) is 0 Å². The molecule has 0 bridgehead atoms. The van der Waals surface area contributed by atoms with Gasteiger partial charge in [0.2, 0.25) is 15.9 Å². The number of sulfonamides is 1. The molecule has 5 nitrogen and oxygen atoms in total. The second kappa shape index (κ2) is 8.62. The zero-order chi connectivity index (χ0) is 17.6. The molecule has 1 aromatic carbocycles. The van der Waals surface area contributed by atoms with Crippen LogP contribution in [0.15, 0.2) is 30.3 Å². The molecule has 1 atom stereocenters. The zero-order valence-electron chi connectivity index (χ0n) is 14.6. The van der Waals surface area contributed by atoms with Crippen molar-refractivity contribution in [3.05, 3.63) is 35.9 Å². The highest BCUT2D eigenvalue weighted by atomic mass is 32.2. The molecule has 1 saturated carbocycles. The van der Waals surface area contributed by atoms with Gasteiger partial charge in [-0.2, -0.15) is 4.31 Å². The van der Waals surface area contributed by atoms with Gasteiger partial charge in [0, 0.05) is 12.1 Å². The van der Waals surface area contributed by atoms with E-state index in [1.165, 1.54) is 17.1 Å². The predicted octanol–water partition coefficient (Wildman–Crippen LogP) is 2.85. The second-order valence-electron chi connectivity index (χ2n) is 6.65. The summed E-state index contributed by atoms with van der Waals surface area (Å²) in [6.45, 7) is 1.68. The van der Waals surface area contributed by atoms with Gasteiger partial charge in [-0.25, -0.2) is 8.42 Å². The number of amides is 1. The maximum Gasteiger partial charge on any atom is 0.235 e. The molecule has 1 unspecified atom stereocenters. The fourth-order valence-electron chi connectivity index (χ4n) is 3.28.